The van der Waals surface area contributed by atoms with Gasteiger partial charge in [0.25, 0.3) is 0 Å². The lowest BCUT2D eigenvalue weighted by Gasteiger charge is -2.14. The molecule has 0 aliphatic heterocycles. The molecule has 2 heterocycles. The van der Waals surface area contributed by atoms with Crippen LogP contribution in [0, 0.1) is 0 Å². The molecule has 2 aromatic heterocycles. The fraction of sp³-hybridized carbons (Fsp3) is 0.233. The highest BCUT2D eigenvalue weighted by molar-refractivity contribution is 5.92. The number of aromatic nitrogens is 4. The number of benzene rings is 3. The average Bonchev–Trinajstić information content (AvgIpc) is 3.36. The summed E-state index contributed by atoms with van der Waals surface area (Å²) in [5.41, 5.74) is 4.83. The van der Waals surface area contributed by atoms with Crippen molar-refractivity contribution in [2.75, 3.05) is 28.4 Å². The number of rotatable bonds is 8. The van der Waals surface area contributed by atoms with Crippen LogP contribution in [0.1, 0.15) is 19.9 Å². The number of methoxy groups -OCH3 is 4. The summed E-state index contributed by atoms with van der Waals surface area (Å²) in [5, 5.41) is 0. The van der Waals surface area contributed by atoms with E-state index in [-0.39, 0.29) is 6.04 Å². The number of hydrogen-bond donors (Lipinski definition) is 0. The Morgan fingerprint density at radius 2 is 1.18 bits per heavy atom. The summed E-state index contributed by atoms with van der Waals surface area (Å²) in [6.07, 6.45) is 0. The minimum atomic E-state index is 0.0916. The van der Waals surface area contributed by atoms with Crippen molar-refractivity contribution < 1.29 is 18.9 Å². The van der Waals surface area contributed by atoms with Gasteiger partial charge in [0.15, 0.2) is 23.0 Å². The maximum atomic E-state index is 5.59. The monoisotopic (exact) mass is 510 g/mol. The third kappa shape index (κ3) is 4.49. The van der Waals surface area contributed by atoms with Gasteiger partial charge in [-0.25, -0.2) is 15.0 Å². The summed E-state index contributed by atoms with van der Waals surface area (Å²) in [7, 11) is 6.54. The summed E-state index contributed by atoms with van der Waals surface area (Å²) < 4.78 is 23.9. The lowest BCUT2D eigenvalue weighted by Crippen LogP contribution is -2.05. The summed E-state index contributed by atoms with van der Waals surface area (Å²) in [4.78, 5) is 15.2. The minimum Gasteiger partial charge on any atom is -0.497 e. The quantitative estimate of drug-likeness (QED) is 0.238. The average molecular weight is 511 g/mol. The Hall–Kier alpha value is -4.59. The first kappa shape index (κ1) is 25.1. The molecule has 0 atom stereocenters. The van der Waals surface area contributed by atoms with Crippen molar-refractivity contribution in [1.29, 1.82) is 0 Å². The molecular weight excluding hydrogens is 480 g/mol. The number of ether oxygens (including phenoxy) is 4. The zero-order valence-electron chi connectivity index (χ0n) is 22.4. The number of nitrogens with zero attached hydrogens (tertiary/aromatic N) is 4. The van der Waals surface area contributed by atoms with Crippen LogP contribution in [-0.2, 0) is 0 Å². The second-order valence-electron chi connectivity index (χ2n) is 8.99. The molecule has 0 saturated carbocycles. The molecule has 3 aromatic carbocycles. The highest BCUT2D eigenvalue weighted by Gasteiger charge is 2.23. The fourth-order valence-electron chi connectivity index (χ4n) is 4.46. The van der Waals surface area contributed by atoms with Crippen LogP contribution in [0.2, 0.25) is 0 Å². The molecule has 0 amide bonds. The van der Waals surface area contributed by atoms with E-state index < -0.39 is 0 Å². The first-order valence-electron chi connectivity index (χ1n) is 12.3. The lowest BCUT2D eigenvalue weighted by atomic mass is 10.1. The van der Waals surface area contributed by atoms with E-state index in [9.17, 15) is 0 Å². The summed E-state index contributed by atoms with van der Waals surface area (Å²) >= 11 is 0. The Morgan fingerprint density at radius 3 is 1.74 bits per heavy atom. The van der Waals surface area contributed by atoms with Crippen LogP contribution in [0.4, 0.5) is 0 Å². The number of hydrogen-bond acceptors (Lipinski definition) is 7. The van der Waals surface area contributed by atoms with Gasteiger partial charge in [-0.05, 0) is 80.6 Å². The second kappa shape index (κ2) is 10.4. The van der Waals surface area contributed by atoms with Crippen LogP contribution < -0.4 is 18.9 Å². The molecule has 0 bridgehead atoms. The SMILES string of the molecule is COc1ccc(-c2nc(-c3ccc(OC)c(OC)c3)c3nc(-c4ccc(OC)cc4)n(C(C)C)c3n2)cc1. The molecule has 0 aliphatic carbocycles. The highest BCUT2D eigenvalue weighted by Crippen LogP contribution is 2.38. The molecule has 0 N–H and O–H groups in total. The zero-order chi connectivity index (χ0) is 26.8. The van der Waals surface area contributed by atoms with E-state index in [0.717, 1.165) is 39.7 Å². The van der Waals surface area contributed by atoms with Gasteiger partial charge in [0, 0.05) is 22.7 Å². The van der Waals surface area contributed by atoms with Crippen LogP contribution in [0.5, 0.6) is 23.0 Å². The van der Waals surface area contributed by atoms with E-state index >= 15 is 0 Å². The van der Waals surface area contributed by atoms with E-state index in [1.807, 2.05) is 66.7 Å². The van der Waals surface area contributed by atoms with Crippen molar-refractivity contribution in [2.24, 2.45) is 0 Å². The summed E-state index contributed by atoms with van der Waals surface area (Å²) in [6.45, 7) is 4.25. The first-order chi connectivity index (χ1) is 18.5. The van der Waals surface area contributed by atoms with Gasteiger partial charge < -0.3 is 23.5 Å². The van der Waals surface area contributed by atoms with Crippen molar-refractivity contribution >= 4 is 11.2 Å². The topological polar surface area (TPSA) is 80.5 Å². The van der Waals surface area contributed by atoms with Crippen molar-refractivity contribution in [3.05, 3.63) is 66.7 Å². The molecule has 0 fully saturated rings. The van der Waals surface area contributed by atoms with E-state index in [1.165, 1.54) is 0 Å². The molecule has 38 heavy (non-hydrogen) atoms. The van der Waals surface area contributed by atoms with Crippen LogP contribution in [0.3, 0.4) is 0 Å². The Morgan fingerprint density at radius 1 is 0.605 bits per heavy atom. The third-order valence-corrected chi connectivity index (χ3v) is 6.41. The molecule has 0 aliphatic rings. The van der Waals surface area contributed by atoms with E-state index in [1.54, 1.807) is 28.4 Å². The smallest absolute Gasteiger partial charge is 0.165 e. The minimum absolute atomic E-state index is 0.0916. The van der Waals surface area contributed by atoms with Crippen LogP contribution >= 0.6 is 0 Å². The molecule has 5 aromatic rings. The molecule has 5 rings (SSSR count). The zero-order valence-corrected chi connectivity index (χ0v) is 22.4. The van der Waals surface area contributed by atoms with Crippen LogP contribution in [0.25, 0.3) is 45.2 Å². The predicted octanol–water partition coefficient (Wildman–Crippen LogP) is 6.44. The highest BCUT2D eigenvalue weighted by atomic mass is 16.5. The molecule has 194 valence electrons. The van der Waals surface area contributed by atoms with Gasteiger partial charge in [-0.1, -0.05) is 0 Å². The van der Waals surface area contributed by atoms with Crippen molar-refractivity contribution in [1.82, 2.24) is 19.5 Å². The standard InChI is InChI=1S/C30H30N4O4/c1-18(2)34-29(20-9-14-23(36-4)15-10-20)32-27-26(21-11-16-24(37-5)25(17-21)38-6)31-28(33-30(27)34)19-7-12-22(35-3)13-8-19/h7-18H,1-6H3. The van der Waals surface area contributed by atoms with Crippen molar-refractivity contribution in [3.63, 3.8) is 0 Å². The molecule has 0 radical (unpaired) electrons. The fourth-order valence-corrected chi connectivity index (χ4v) is 4.46. The molecular formula is C30H30N4O4. The van der Waals surface area contributed by atoms with Gasteiger partial charge in [0.05, 0.1) is 28.4 Å². The van der Waals surface area contributed by atoms with Gasteiger partial charge in [0.1, 0.15) is 28.5 Å². The van der Waals surface area contributed by atoms with Crippen LogP contribution in [-0.4, -0.2) is 48.0 Å². The largest absolute Gasteiger partial charge is 0.497 e. The normalized spacial score (nSPS) is 11.1. The molecule has 0 saturated heterocycles. The maximum absolute atomic E-state index is 5.59. The van der Waals surface area contributed by atoms with E-state index in [4.69, 9.17) is 33.9 Å². The first-order valence-corrected chi connectivity index (χ1v) is 12.3. The Kier molecular flexibility index (Phi) is 6.87. The van der Waals surface area contributed by atoms with Crippen molar-refractivity contribution in [3.8, 4) is 57.0 Å². The van der Waals surface area contributed by atoms with Gasteiger partial charge in [-0.15, -0.1) is 0 Å². The van der Waals surface area contributed by atoms with Gasteiger partial charge >= 0.3 is 0 Å². The molecule has 8 heteroatoms. The van der Waals surface area contributed by atoms with Gasteiger partial charge in [-0.3, -0.25) is 0 Å². The maximum Gasteiger partial charge on any atom is 0.165 e. The van der Waals surface area contributed by atoms with Crippen molar-refractivity contribution in [2.45, 2.75) is 19.9 Å². The van der Waals surface area contributed by atoms with E-state index in [2.05, 4.69) is 18.4 Å². The van der Waals surface area contributed by atoms with E-state index in [0.29, 0.717) is 28.5 Å². The summed E-state index contributed by atoms with van der Waals surface area (Å²) in [6, 6.07) is 21.4. The molecule has 0 spiro atoms. The predicted molar refractivity (Wildman–Crippen MR) is 148 cm³/mol. The molecule has 8 nitrogen and oxygen atoms in total. The molecule has 0 unspecified atom stereocenters. The summed E-state index contributed by atoms with van der Waals surface area (Å²) in [5.74, 6) is 4.20. The Bertz CT molecular complexity index is 1580. The second-order valence-corrected chi connectivity index (χ2v) is 8.99. The number of fused-ring (bicyclic) bond motifs is 1. The third-order valence-electron chi connectivity index (χ3n) is 6.41. The van der Waals surface area contributed by atoms with Crippen LogP contribution in [0.15, 0.2) is 66.7 Å². The number of imidazole rings is 1. The Balaban J connectivity index is 1.81. The van der Waals surface area contributed by atoms with Gasteiger partial charge in [-0.2, -0.15) is 0 Å². The van der Waals surface area contributed by atoms with Gasteiger partial charge in [0.2, 0.25) is 0 Å². The Labute approximate surface area is 221 Å². The lowest BCUT2D eigenvalue weighted by molar-refractivity contribution is 0.355.